The van der Waals surface area contributed by atoms with Crippen molar-refractivity contribution in [3.63, 3.8) is 0 Å². The third-order valence-electron chi connectivity index (χ3n) is 3.45. The fourth-order valence-corrected chi connectivity index (χ4v) is 2.93. The van der Waals surface area contributed by atoms with Crippen molar-refractivity contribution >= 4 is 0 Å². The number of hydrogen-bond donors (Lipinski definition) is 1. The second kappa shape index (κ2) is 4.30. The van der Waals surface area contributed by atoms with Crippen LogP contribution in [-0.4, -0.2) is 15.8 Å². The summed E-state index contributed by atoms with van der Waals surface area (Å²) in [7, 11) is 2.01. The average Bonchev–Trinajstić information content (AvgIpc) is 2.41. The molecule has 0 aromatic carbocycles. The number of aryl methyl sites for hydroxylation is 2. The molecule has 94 valence electrons. The first kappa shape index (κ1) is 12.4. The molecule has 0 radical (unpaired) electrons. The Labute approximate surface area is 104 Å². The second-order valence-corrected chi connectivity index (χ2v) is 6.11. The molecule has 17 heavy (non-hydrogen) atoms. The van der Waals surface area contributed by atoms with Gasteiger partial charge < -0.3 is 5.73 Å². The number of nitrogens with two attached hydrogens (primary N) is 1. The Morgan fingerprint density at radius 1 is 1.53 bits per heavy atom. The number of nitrogens with zero attached hydrogens (tertiary/aromatic N) is 2. The normalized spacial score (nSPS) is 23.6. The van der Waals surface area contributed by atoms with Crippen LogP contribution >= 0.6 is 0 Å². The monoisotopic (exact) mass is 233 g/mol. The molecule has 3 nitrogen and oxygen atoms in total. The van der Waals surface area contributed by atoms with Gasteiger partial charge in [0.2, 0.25) is 0 Å². The van der Waals surface area contributed by atoms with Gasteiger partial charge in [-0.2, -0.15) is 5.10 Å². The second-order valence-electron chi connectivity index (χ2n) is 6.11. The molecular formula is C14H23N3. The first-order valence-corrected chi connectivity index (χ1v) is 6.30. The minimum absolute atomic E-state index is 0.211. The maximum absolute atomic E-state index is 6.10. The van der Waals surface area contributed by atoms with Crippen LogP contribution in [0.25, 0.3) is 0 Å². The van der Waals surface area contributed by atoms with Crippen LogP contribution in [0.1, 0.15) is 38.1 Å². The summed E-state index contributed by atoms with van der Waals surface area (Å²) < 4.78 is 1.98. The van der Waals surface area contributed by atoms with E-state index in [0.717, 1.165) is 25.0 Å². The molecule has 0 aliphatic heterocycles. The molecule has 2 N–H and O–H groups in total. The highest BCUT2D eigenvalue weighted by atomic mass is 15.3. The van der Waals surface area contributed by atoms with Crippen molar-refractivity contribution in [1.82, 2.24) is 9.78 Å². The molecule has 1 unspecified atom stereocenters. The molecule has 3 heteroatoms. The topological polar surface area (TPSA) is 43.8 Å². The third-order valence-corrected chi connectivity index (χ3v) is 3.45. The Morgan fingerprint density at radius 3 is 2.76 bits per heavy atom. The van der Waals surface area contributed by atoms with E-state index in [1.807, 2.05) is 18.7 Å². The largest absolute Gasteiger partial charge is 0.324 e. The van der Waals surface area contributed by atoms with Crippen LogP contribution in [-0.2, 0) is 13.5 Å². The predicted octanol–water partition coefficient (Wildman–Crippen LogP) is 2.34. The first-order valence-electron chi connectivity index (χ1n) is 6.30. The molecule has 1 aliphatic carbocycles. The van der Waals surface area contributed by atoms with Gasteiger partial charge in [0.05, 0.1) is 5.69 Å². The lowest BCUT2D eigenvalue weighted by atomic mass is 9.74. The molecule has 0 amide bonds. The summed E-state index contributed by atoms with van der Waals surface area (Å²) in [6.07, 6.45) is 5.45. The van der Waals surface area contributed by atoms with E-state index >= 15 is 0 Å². The standard InChI is InChI=1S/C14H23N3/c1-10-5-13(17(4)16-10)7-11-6-12(15)9-14(2,3)8-11/h5-6,12H,7-9,15H2,1-4H3. The molecule has 2 rings (SSSR count). The van der Waals surface area contributed by atoms with E-state index < -0.39 is 0 Å². The van der Waals surface area contributed by atoms with Gasteiger partial charge in [0.1, 0.15) is 0 Å². The van der Waals surface area contributed by atoms with Crippen molar-refractivity contribution in [3.05, 3.63) is 29.1 Å². The van der Waals surface area contributed by atoms with Gasteiger partial charge in [-0.05, 0) is 31.2 Å². The van der Waals surface area contributed by atoms with Crippen molar-refractivity contribution in [2.45, 2.75) is 46.1 Å². The van der Waals surface area contributed by atoms with Crippen LogP contribution in [0.2, 0.25) is 0 Å². The van der Waals surface area contributed by atoms with Gasteiger partial charge in [-0.1, -0.05) is 25.5 Å². The molecule has 1 heterocycles. The van der Waals surface area contributed by atoms with Crippen LogP contribution < -0.4 is 5.73 Å². The summed E-state index contributed by atoms with van der Waals surface area (Å²) in [6, 6.07) is 2.37. The molecule has 1 aromatic rings. The van der Waals surface area contributed by atoms with Gasteiger partial charge in [-0.15, -0.1) is 0 Å². The predicted molar refractivity (Wildman–Crippen MR) is 70.7 cm³/mol. The number of aromatic nitrogens is 2. The molecule has 0 spiro atoms. The highest BCUT2D eigenvalue weighted by Gasteiger charge is 2.27. The summed E-state index contributed by atoms with van der Waals surface area (Å²) in [6.45, 7) is 6.64. The zero-order valence-electron chi connectivity index (χ0n) is 11.3. The van der Waals surface area contributed by atoms with E-state index in [0.29, 0.717) is 5.41 Å². The van der Waals surface area contributed by atoms with Crippen molar-refractivity contribution in [2.75, 3.05) is 0 Å². The molecule has 1 atom stereocenters. The molecular weight excluding hydrogens is 210 g/mol. The van der Waals surface area contributed by atoms with Crippen molar-refractivity contribution in [1.29, 1.82) is 0 Å². The first-order chi connectivity index (χ1) is 7.85. The third kappa shape index (κ3) is 2.97. The maximum atomic E-state index is 6.10. The quantitative estimate of drug-likeness (QED) is 0.797. The molecule has 1 aliphatic rings. The number of allylic oxidation sites excluding steroid dienone is 1. The fraction of sp³-hybridized carbons (Fsp3) is 0.643. The number of hydrogen-bond acceptors (Lipinski definition) is 2. The minimum Gasteiger partial charge on any atom is -0.324 e. The Hall–Kier alpha value is -1.09. The average molecular weight is 233 g/mol. The summed E-state index contributed by atoms with van der Waals surface area (Å²) in [5.41, 5.74) is 10.2. The smallest absolute Gasteiger partial charge is 0.0596 e. The number of rotatable bonds is 2. The van der Waals surface area contributed by atoms with Crippen molar-refractivity contribution < 1.29 is 0 Å². The van der Waals surface area contributed by atoms with E-state index in [-0.39, 0.29) is 6.04 Å². The molecule has 0 fully saturated rings. The van der Waals surface area contributed by atoms with Gasteiger partial charge >= 0.3 is 0 Å². The molecule has 0 saturated carbocycles. The Kier molecular flexibility index (Phi) is 3.13. The summed E-state index contributed by atoms with van der Waals surface area (Å²) in [4.78, 5) is 0. The lowest BCUT2D eigenvalue weighted by Crippen LogP contribution is -2.31. The lowest BCUT2D eigenvalue weighted by molar-refractivity contribution is 0.299. The SMILES string of the molecule is Cc1cc(CC2=CC(N)CC(C)(C)C2)n(C)n1. The van der Waals surface area contributed by atoms with E-state index in [2.05, 4.69) is 31.1 Å². The van der Waals surface area contributed by atoms with Gasteiger partial charge in [0.25, 0.3) is 0 Å². The van der Waals surface area contributed by atoms with Crippen LogP contribution in [0.5, 0.6) is 0 Å². The van der Waals surface area contributed by atoms with Crippen molar-refractivity contribution in [2.24, 2.45) is 18.2 Å². The van der Waals surface area contributed by atoms with Gasteiger partial charge in [-0.25, -0.2) is 0 Å². The summed E-state index contributed by atoms with van der Waals surface area (Å²) in [5, 5.41) is 4.39. The van der Waals surface area contributed by atoms with Crippen molar-refractivity contribution in [3.8, 4) is 0 Å². The Balaban J connectivity index is 2.16. The lowest BCUT2D eigenvalue weighted by Gasteiger charge is -2.33. The zero-order valence-corrected chi connectivity index (χ0v) is 11.3. The summed E-state index contributed by atoms with van der Waals surface area (Å²) >= 11 is 0. The van der Waals surface area contributed by atoms with Gasteiger partial charge in [0, 0.05) is 25.2 Å². The van der Waals surface area contributed by atoms with Crippen LogP contribution in [0.3, 0.4) is 0 Å². The highest BCUT2D eigenvalue weighted by molar-refractivity contribution is 5.22. The highest BCUT2D eigenvalue weighted by Crippen LogP contribution is 2.35. The van der Waals surface area contributed by atoms with E-state index in [4.69, 9.17) is 5.73 Å². The van der Waals surface area contributed by atoms with Gasteiger partial charge in [0.15, 0.2) is 0 Å². The molecule has 0 saturated heterocycles. The zero-order chi connectivity index (χ0) is 12.6. The van der Waals surface area contributed by atoms with Crippen LogP contribution in [0.4, 0.5) is 0 Å². The fourth-order valence-electron chi connectivity index (χ4n) is 2.93. The maximum Gasteiger partial charge on any atom is 0.0596 e. The van der Waals surface area contributed by atoms with E-state index in [1.165, 1.54) is 11.3 Å². The summed E-state index contributed by atoms with van der Waals surface area (Å²) in [5.74, 6) is 0. The Morgan fingerprint density at radius 2 is 2.24 bits per heavy atom. The van der Waals surface area contributed by atoms with E-state index in [9.17, 15) is 0 Å². The van der Waals surface area contributed by atoms with Gasteiger partial charge in [-0.3, -0.25) is 4.68 Å². The molecule has 0 bridgehead atoms. The Bertz CT molecular complexity index is 440. The van der Waals surface area contributed by atoms with Crippen LogP contribution in [0, 0.1) is 12.3 Å². The van der Waals surface area contributed by atoms with E-state index in [1.54, 1.807) is 0 Å². The molecule has 1 aromatic heterocycles. The minimum atomic E-state index is 0.211. The van der Waals surface area contributed by atoms with Crippen LogP contribution in [0.15, 0.2) is 17.7 Å².